The summed E-state index contributed by atoms with van der Waals surface area (Å²) in [5.74, 6) is -1.66. The molecule has 2 aliphatic rings. The molecule has 18 heavy (non-hydrogen) atoms. The molecule has 0 N–H and O–H groups in total. The molecule has 0 atom stereocenters. The van der Waals surface area contributed by atoms with Crippen LogP contribution in [0, 0.1) is 11.6 Å². The fourth-order valence-electron chi connectivity index (χ4n) is 2.94. The van der Waals surface area contributed by atoms with Crippen molar-refractivity contribution in [2.75, 3.05) is 13.2 Å². The van der Waals surface area contributed by atoms with E-state index in [2.05, 4.69) is 0 Å². The van der Waals surface area contributed by atoms with E-state index in [1.807, 2.05) is 0 Å². The van der Waals surface area contributed by atoms with Gasteiger partial charge in [-0.2, -0.15) is 0 Å². The van der Waals surface area contributed by atoms with Gasteiger partial charge in [-0.15, -0.1) is 0 Å². The zero-order chi connectivity index (χ0) is 12.6. The molecule has 2 fully saturated rings. The van der Waals surface area contributed by atoms with Crippen LogP contribution in [0.2, 0.25) is 0 Å². The fraction of sp³-hybridized carbons (Fsp3) is 0.571. The average Bonchev–Trinajstić information content (AvgIpc) is 2.82. The molecule has 2 nitrogen and oxygen atoms in total. The Balaban J connectivity index is 1.70. The molecule has 4 heteroatoms. The lowest BCUT2D eigenvalue weighted by Gasteiger charge is -2.35. The zero-order valence-electron chi connectivity index (χ0n) is 10.1. The van der Waals surface area contributed by atoms with E-state index in [9.17, 15) is 8.78 Å². The number of benzene rings is 1. The van der Waals surface area contributed by atoms with Crippen molar-refractivity contribution in [3.63, 3.8) is 0 Å². The highest BCUT2D eigenvalue weighted by Gasteiger charge is 2.40. The summed E-state index contributed by atoms with van der Waals surface area (Å²) >= 11 is 0. The zero-order valence-corrected chi connectivity index (χ0v) is 10.1. The molecule has 0 bridgehead atoms. The Labute approximate surface area is 105 Å². The Bertz CT molecular complexity index is 431. The van der Waals surface area contributed by atoms with Gasteiger partial charge < -0.3 is 9.47 Å². The molecule has 1 saturated carbocycles. The van der Waals surface area contributed by atoms with Crippen molar-refractivity contribution in [2.45, 2.75) is 37.4 Å². The summed E-state index contributed by atoms with van der Waals surface area (Å²) in [5, 5.41) is 0. The Kier molecular flexibility index (Phi) is 3.08. The van der Waals surface area contributed by atoms with E-state index in [1.54, 1.807) is 6.07 Å². The molecule has 1 aromatic rings. The molecule has 3 rings (SSSR count). The second kappa shape index (κ2) is 4.59. The van der Waals surface area contributed by atoms with Gasteiger partial charge in [-0.3, -0.25) is 0 Å². The summed E-state index contributed by atoms with van der Waals surface area (Å²) in [4.78, 5) is 0. The number of rotatable bonds is 1. The maximum Gasteiger partial charge on any atom is 0.168 e. The van der Waals surface area contributed by atoms with Crippen molar-refractivity contribution < 1.29 is 18.3 Å². The minimum absolute atomic E-state index is 0.276. The first-order chi connectivity index (χ1) is 8.69. The van der Waals surface area contributed by atoms with E-state index in [4.69, 9.17) is 9.47 Å². The monoisotopic (exact) mass is 254 g/mol. The van der Waals surface area contributed by atoms with E-state index in [0.29, 0.717) is 13.2 Å². The molecule has 0 amide bonds. The third kappa shape index (κ3) is 2.15. The summed E-state index contributed by atoms with van der Waals surface area (Å²) in [6, 6.07) is 4.20. The molecule has 1 aromatic carbocycles. The Morgan fingerprint density at radius 2 is 1.67 bits per heavy atom. The summed E-state index contributed by atoms with van der Waals surface area (Å²) in [7, 11) is 0. The Hall–Kier alpha value is -1.00. The van der Waals surface area contributed by atoms with Gasteiger partial charge in [0.25, 0.3) is 0 Å². The lowest BCUT2D eigenvalue weighted by molar-refractivity contribution is -0.178. The van der Waals surface area contributed by atoms with Gasteiger partial charge in [0.15, 0.2) is 17.4 Å². The van der Waals surface area contributed by atoms with Gasteiger partial charge >= 0.3 is 0 Å². The fourth-order valence-corrected chi connectivity index (χ4v) is 2.94. The molecule has 98 valence electrons. The van der Waals surface area contributed by atoms with Gasteiger partial charge in [-0.1, -0.05) is 6.07 Å². The molecular weight excluding hydrogens is 238 g/mol. The van der Waals surface area contributed by atoms with Crippen LogP contribution >= 0.6 is 0 Å². The summed E-state index contributed by atoms with van der Waals surface area (Å²) in [5.41, 5.74) is 0.877. The molecular formula is C14H16F2O2. The van der Waals surface area contributed by atoms with Crippen LogP contribution in [-0.2, 0) is 9.47 Å². The second-order valence-electron chi connectivity index (χ2n) is 5.06. The van der Waals surface area contributed by atoms with E-state index in [-0.39, 0.29) is 5.92 Å². The molecule has 1 aliphatic heterocycles. The standard InChI is InChI=1S/C14H16F2O2/c15-12-2-1-11(9-13(12)16)10-3-5-14(6-4-10)17-7-8-18-14/h1-2,9-10H,3-8H2. The van der Waals surface area contributed by atoms with Crippen LogP contribution < -0.4 is 0 Å². The predicted octanol–water partition coefficient (Wildman–Crippen LogP) is 3.37. The van der Waals surface area contributed by atoms with Gasteiger partial charge in [0, 0.05) is 12.8 Å². The summed E-state index contributed by atoms with van der Waals surface area (Å²) in [6.07, 6.45) is 3.45. The van der Waals surface area contributed by atoms with Crippen LogP contribution in [0.15, 0.2) is 18.2 Å². The van der Waals surface area contributed by atoms with E-state index in [1.165, 1.54) is 12.1 Å². The topological polar surface area (TPSA) is 18.5 Å². The van der Waals surface area contributed by atoms with E-state index >= 15 is 0 Å². The van der Waals surface area contributed by atoms with Crippen molar-refractivity contribution in [3.8, 4) is 0 Å². The van der Waals surface area contributed by atoms with Crippen LogP contribution in [0.3, 0.4) is 0 Å². The second-order valence-corrected chi connectivity index (χ2v) is 5.06. The molecule has 1 saturated heterocycles. The SMILES string of the molecule is Fc1ccc(C2CCC3(CC2)OCCO3)cc1F. The molecule has 0 aromatic heterocycles. The van der Waals surface area contributed by atoms with Crippen molar-refractivity contribution in [1.82, 2.24) is 0 Å². The third-order valence-corrected chi connectivity index (χ3v) is 3.98. The molecule has 0 radical (unpaired) electrons. The van der Waals surface area contributed by atoms with Gasteiger partial charge in [0.2, 0.25) is 0 Å². The van der Waals surface area contributed by atoms with Gasteiger partial charge in [0.05, 0.1) is 13.2 Å². The minimum Gasteiger partial charge on any atom is -0.348 e. The van der Waals surface area contributed by atoms with Crippen LogP contribution in [0.5, 0.6) is 0 Å². The third-order valence-electron chi connectivity index (χ3n) is 3.98. The van der Waals surface area contributed by atoms with Gasteiger partial charge in [0.1, 0.15) is 0 Å². The maximum absolute atomic E-state index is 13.2. The first-order valence-corrected chi connectivity index (χ1v) is 6.41. The van der Waals surface area contributed by atoms with Crippen molar-refractivity contribution in [3.05, 3.63) is 35.4 Å². The highest BCUT2D eigenvalue weighted by molar-refractivity contribution is 5.22. The predicted molar refractivity (Wildman–Crippen MR) is 62.2 cm³/mol. The normalized spacial score (nSPS) is 23.7. The van der Waals surface area contributed by atoms with E-state index < -0.39 is 17.4 Å². The minimum atomic E-state index is -0.784. The summed E-state index contributed by atoms with van der Waals surface area (Å²) < 4.78 is 37.4. The van der Waals surface area contributed by atoms with Crippen LogP contribution in [-0.4, -0.2) is 19.0 Å². The highest BCUT2D eigenvalue weighted by Crippen LogP contribution is 2.42. The molecule has 1 aliphatic carbocycles. The van der Waals surface area contributed by atoms with Crippen molar-refractivity contribution in [2.24, 2.45) is 0 Å². The van der Waals surface area contributed by atoms with Crippen LogP contribution in [0.4, 0.5) is 8.78 Å². The van der Waals surface area contributed by atoms with Crippen molar-refractivity contribution in [1.29, 1.82) is 0 Å². The Morgan fingerprint density at radius 1 is 1.00 bits per heavy atom. The van der Waals surface area contributed by atoms with E-state index in [0.717, 1.165) is 31.2 Å². The summed E-state index contributed by atoms with van der Waals surface area (Å²) in [6.45, 7) is 1.33. The first kappa shape index (κ1) is 12.1. The lowest BCUT2D eigenvalue weighted by Crippen LogP contribution is -2.34. The lowest BCUT2D eigenvalue weighted by atomic mass is 9.81. The number of hydrogen-bond acceptors (Lipinski definition) is 2. The van der Waals surface area contributed by atoms with Gasteiger partial charge in [-0.25, -0.2) is 8.78 Å². The largest absolute Gasteiger partial charge is 0.348 e. The van der Waals surface area contributed by atoms with Crippen molar-refractivity contribution >= 4 is 0 Å². The number of halogens is 2. The molecule has 1 heterocycles. The number of ether oxygens (including phenoxy) is 2. The first-order valence-electron chi connectivity index (χ1n) is 6.41. The molecule has 1 spiro atoms. The smallest absolute Gasteiger partial charge is 0.168 e. The van der Waals surface area contributed by atoms with Crippen LogP contribution in [0.25, 0.3) is 0 Å². The van der Waals surface area contributed by atoms with Gasteiger partial charge in [-0.05, 0) is 36.5 Å². The Morgan fingerprint density at radius 3 is 2.28 bits per heavy atom. The quantitative estimate of drug-likeness (QED) is 0.765. The number of hydrogen-bond donors (Lipinski definition) is 0. The maximum atomic E-state index is 13.2. The average molecular weight is 254 g/mol. The highest BCUT2D eigenvalue weighted by atomic mass is 19.2. The molecule has 0 unspecified atom stereocenters. The van der Waals surface area contributed by atoms with Crippen LogP contribution in [0.1, 0.15) is 37.2 Å².